The number of hydrogen-bond donors (Lipinski definition) is 0. The minimum atomic E-state index is -0.000281. The highest BCUT2D eigenvalue weighted by molar-refractivity contribution is 5.78. The molecule has 0 aromatic heterocycles. The van der Waals surface area contributed by atoms with Gasteiger partial charge in [0.05, 0.1) is 7.11 Å². The maximum Gasteiger partial charge on any atom is 0.260 e. The number of piperazine rings is 1. The molecule has 0 N–H and O–H groups in total. The normalized spacial score (nSPS) is 13.5. The van der Waals surface area contributed by atoms with Crippen LogP contribution in [-0.2, 0) is 11.4 Å². The summed E-state index contributed by atoms with van der Waals surface area (Å²) in [6.45, 7) is 3.46. The standard InChI is InChI=1S/C26H28N2O4/c1-30-25-9-5-8-22(18-25)27-14-16-28(17-15-27)26(29)20-32-24-12-10-23(11-13-24)31-19-21-6-3-2-4-7-21/h2-13,18H,14-17,19-20H2,1H3. The molecule has 6 nitrogen and oxygen atoms in total. The maximum absolute atomic E-state index is 12.6. The Morgan fingerprint density at radius 1 is 0.781 bits per heavy atom. The number of carbonyl (C=O) groups excluding carboxylic acids is 1. The number of rotatable bonds is 8. The van der Waals surface area contributed by atoms with Crippen molar-refractivity contribution in [1.29, 1.82) is 0 Å². The molecule has 1 saturated heterocycles. The van der Waals surface area contributed by atoms with Gasteiger partial charge in [-0.05, 0) is 42.0 Å². The minimum absolute atomic E-state index is 0.000281. The number of anilines is 1. The lowest BCUT2D eigenvalue weighted by atomic mass is 10.2. The summed E-state index contributed by atoms with van der Waals surface area (Å²) in [4.78, 5) is 16.7. The summed E-state index contributed by atoms with van der Waals surface area (Å²) in [7, 11) is 1.67. The summed E-state index contributed by atoms with van der Waals surface area (Å²) in [5.41, 5.74) is 2.23. The summed E-state index contributed by atoms with van der Waals surface area (Å²) in [6.07, 6.45) is 0. The van der Waals surface area contributed by atoms with E-state index in [0.29, 0.717) is 25.4 Å². The van der Waals surface area contributed by atoms with Gasteiger partial charge in [-0.3, -0.25) is 4.79 Å². The Hall–Kier alpha value is -3.67. The van der Waals surface area contributed by atoms with E-state index >= 15 is 0 Å². The number of amides is 1. The number of methoxy groups -OCH3 is 1. The molecule has 1 amide bonds. The lowest BCUT2D eigenvalue weighted by Gasteiger charge is -2.36. The van der Waals surface area contributed by atoms with E-state index in [-0.39, 0.29) is 12.5 Å². The van der Waals surface area contributed by atoms with Crippen LogP contribution >= 0.6 is 0 Å². The second-order valence-electron chi connectivity index (χ2n) is 7.60. The van der Waals surface area contributed by atoms with Gasteiger partial charge in [0.25, 0.3) is 5.91 Å². The first-order chi connectivity index (χ1) is 15.7. The van der Waals surface area contributed by atoms with E-state index in [9.17, 15) is 4.79 Å². The van der Waals surface area contributed by atoms with Crippen molar-refractivity contribution < 1.29 is 19.0 Å². The molecule has 32 heavy (non-hydrogen) atoms. The molecule has 0 spiro atoms. The Morgan fingerprint density at radius 3 is 2.16 bits per heavy atom. The van der Waals surface area contributed by atoms with Crippen LogP contribution in [0.2, 0.25) is 0 Å². The number of ether oxygens (including phenoxy) is 3. The van der Waals surface area contributed by atoms with Gasteiger partial charge in [0.2, 0.25) is 0 Å². The molecule has 0 aliphatic carbocycles. The lowest BCUT2D eigenvalue weighted by molar-refractivity contribution is -0.133. The van der Waals surface area contributed by atoms with Gasteiger partial charge in [0.15, 0.2) is 6.61 Å². The van der Waals surface area contributed by atoms with Gasteiger partial charge in [0, 0.05) is 37.9 Å². The summed E-state index contributed by atoms with van der Waals surface area (Å²) in [6, 6.07) is 25.4. The molecular formula is C26H28N2O4. The van der Waals surface area contributed by atoms with Crippen molar-refractivity contribution in [2.45, 2.75) is 6.61 Å². The van der Waals surface area contributed by atoms with E-state index in [1.54, 1.807) is 7.11 Å². The molecule has 1 heterocycles. The predicted molar refractivity (Wildman–Crippen MR) is 124 cm³/mol. The fourth-order valence-corrected chi connectivity index (χ4v) is 3.63. The molecule has 4 rings (SSSR count). The van der Waals surface area contributed by atoms with Crippen LogP contribution in [0.3, 0.4) is 0 Å². The molecule has 0 bridgehead atoms. The van der Waals surface area contributed by atoms with Crippen LogP contribution in [0.15, 0.2) is 78.9 Å². The van der Waals surface area contributed by atoms with E-state index in [1.807, 2.05) is 77.7 Å². The molecule has 1 fully saturated rings. The van der Waals surface area contributed by atoms with E-state index < -0.39 is 0 Å². The second-order valence-corrected chi connectivity index (χ2v) is 7.60. The Morgan fingerprint density at radius 2 is 1.47 bits per heavy atom. The van der Waals surface area contributed by atoms with Crippen LogP contribution in [0.5, 0.6) is 17.2 Å². The molecule has 166 valence electrons. The van der Waals surface area contributed by atoms with E-state index in [1.165, 1.54) is 0 Å². The van der Waals surface area contributed by atoms with Crippen LogP contribution in [0.25, 0.3) is 0 Å². The van der Waals surface area contributed by atoms with Gasteiger partial charge in [-0.2, -0.15) is 0 Å². The van der Waals surface area contributed by atoms with Gasteiger partial charge in [0.1, 0.15) is 23.9 Å². The Bertz CT molecular complexity index is 1000. The summed E-state index contributed by atoms with van der Waals surface area (Å²) in [5, 5.41) is 0. The van der Waals surface area contributed by atoms with E-state index in [4.69, 9.17) is 14.2 Å². The number of hydrogen-bond acceptors (Lipinski definition) is 5. The summed E-state index contributed by atoms with van der Waals surface area (Å²) >= 11 is 0. The molecular weight excluding hydrogens is 404 g/mol. The zero-order chi connectivity index (χ0) is 22.2. The molecule has 3 aromatic rings. The average molecular weight is 433 g/mol. The summed E-state index contributed by atoms with van der Waals surface area (Å²) < 4.78 is 16.8. The highest BCUT2D eigenvalue weighted by Gasteiger charge is 2.21. The largest absolute Gasteiger partial charge is 0.497 e. The van der Waals surface area contributed by atoms with Gasteiger partial charge < -0.3 is 24.0 Å². The zero-order valence-corrected chi connectivity index (χ0v) is 18.3. The molecule has 3 aromatic carbocycles. The zero-order valence-electron chi connectivity index (χ0n) is 18.3. The molecule has 0 atom stereocenters. The quantitative estimate of drug-likeness (QED) is 0.539. The minimum Gasteiger partial charge on any atom is -0.497 e. The fraction of sp³-hybridized carbons (Fsp3) is 0.269. The third-order valence-corrected chi connectivity index (χ3v) is 5.49. The van der Waals surface area contributed by atoms with Gasteiger partial charge in [-0.1, -0.05) is 36.4 Å². The molecule has 1 aliphatic rings. The Kier molecular flexibility index (Phi) is 7.12. The number of carbonyl (C=O) groups is 1. The summed E-state index contributed by atoms with van der Waals surface area (Å²) in [5.74, 6) is 2.26. The smallest absolute Gasteiger partial charge is 0.260 e. The molecule has 6 heteroatoms. The van der Waals surface area contributed by atoms with Crippen LogP contribution in [-0.4, -0.2) is 50.7 Å². The van der Waals surface area contributed by atoms with Crippen LogP contribution in [0.4, 0.5) is 5.69 Å². The predicted octanol–water partition coefficient (Wildman–Crippen LogP) is 4.00. The number of benzene rings is 3. The SMILES string of the molecule is COc1cccc(N2CCN(C(=O)COc3ccc(OCc4ccccc4)cc3)CC2)c1. The third kappa shape index (κ3) is 5.72. The van der Waals surface area contributed by atoms with Crippen molar-refractivity contribution in [3.05, 3.63) is 84.4 Å². The van der Waals surface area contributed by atoms with Crippen molar-refractivity contribution in [2.24, 2.45) is 0 Å². The maximum atomic E-state index is 12.6. The Labute approximate surface area is 188 Å². The van der Waals surface area contributed by atoms with Crippen molar-refractivity contribution in [3.63, 3.8) is 0 Å². The molecule has 0 saturated carbocycles. The Balaban J connectivity index is 1.21. The molecule has 1 aliphatic heterocycles. The first kappa shape index (κ1) is 21.6. The monoisotopic (exact) mass is 432 g/mol. The van der Waals surface area contributed by atoms with Gasteiger partial charge in [-0.15, -0.1) is 0 Å². The van der Waals surface area contributed by atoms with Crippen molar-refractivity contribution in [2.75, 3.05) is 44.8 Å². The van der Waals surface area contributed by atoms with Crippen LogP contribution in [0, 0.1) is 0 Å². The topological polar surface area (TPSA) is 51.2 Å². The average Bonchev–Trinajstić information content (AvgIpc) is 2.87. The first-order valence-corrected chi connectivity index (χ1v) is 10.8. The van der Waals surface area contributed by atoms with Crippen molar-refractivity contribution in [1.82, 2.24) is 4.90 Å². The van der Waals surface area contributed by atoms with Crippen molar-refractivity contribution >= 4 is 11.6 Å². The molecule has 0 radical (unpaired) electrons. The van der Waals surface area contributed by atoms with Crippen LogP contribution < -0.4 is 19.1 Å². The van der Waals surface area contributed by atoms with Crippen LogP contribution in [0.1, 0.15) is 5.56 Å². The van der Waals surface area contributed by atoms with E-state index in [0.717, 1.165) is 35.8 Å². The highest BCUT2D eigenvalue weighted by Crippen LogP contribution is 2.22. The lowest BCUT2D eigenvalue weighted by Crippen LogP contribution is -2.50. The molecule has 0 unspecified atom stereocenters. The van der Waals surface area contributed by atoms with Crippen molar-refractivity contribution in [3.8, 4) is 17.2 Å². The fourth-order valence-electron chi connectivity index (χ4n) is 3.63. The van der Waals surface area contributed by atoms with E-state index in [2.05, 4.69) is 11.0 Å². The second kappa shape index (κ2) is 10.6. The highest BCUT2D eigenvalue weighted by atomic mass is 16.5. The first-order valence-electron chi connectivity index (χ1n) is 10.8. The third-order valence-electron chi connectivity index (χ3n) is 5.49. The van der Waals surface area contributed by atoms with Gasteiger partial charge in [-0.25, -0.2) is 0 Å². The van der Waals surface area contributed by atoms with Gasteiger partial charge >= 0.3 is 0 Å². The number of nitrogens with zero attached hydrogens (tertiary/aromatic N) is 2.